The second-order valence-corrected chi connectivity index (χ2v) is 5.56. The Labute approximate surface area is 127 Å². The molecule has 22 heavy (non-hydrogen) atoms. The van der Waals surface area contributed by atoms with Gasteiger partial charge in [0.1, 0.15) is 5.82 Å². The van der Waals surface area contributed by atoms with Gasteiger partial charge >= 0.3 is 0 Å². The molecule has 112 valence electrons. The second kappa shape index (κ2) is 5.42. The number of aromatic nitrogens is 2. The van der Waals surface area contributed by atoms with Crippen LogP contribution in [0.1, 0.15) is 5.69 Å². The number of nitrogens with zero attached hydrogens (tertiary/aromatic N) is 1. The van der Waals surface area contributed by atoms with Crippen molar-refractivity contribution >= 4 is 11.3 Å². The van der Waals surface area contributed by atoms with E-state index in [1.807, 2.05) is 0 Å². The fraction of sp³-hybridized carbons (Fsp3) is 0.0667. The molecule has 0 fully saturated rings. The molecule has 0 amide bonds. The van der Waals surface area contributed by atoms with Crippen molar-refractivity contribution in [2.24, 2.45) is 0 Å². The number of benzene rings is 1. The van der Waals surface area contributed by atoms with Crippen molar-refractivity contribution in [1.29, 1.82) is 0 Å². The van der Waals surface area contributed by atoms with Gasteiger partial charge in [-0.25, -0.2) is 18.3 Å². The maximum Gasteiger partial charge on any atom is 0.272 e. The summed E-state index contributed by atoms with van der Waals surface area (Å²) >= 11 is 1.34. The summed E-state index contributed by atoms with van der Waals surface area (Å²) in [6, 6.07) is 4.63. The van der Waals surface area contributed by atoms with Gasteiger partial charge in [-0.15, -0.1) is 11.3 Å². The normalized spacial score (nSPS) is 10.9. The van der Waals surface area contributed by atoms with Crippen LogP contribution in [0.4, 0.5) is 13.2 Å². The van der Waals surface area contributed by atoms with Crippen LogP contribution in [0.5, 0.6) is 0 Å². The molecule has 0 aliphatic carbocycles. The highest BCUT2D eigenvalue weighted by molar-refractivity contribution is 7.13. The molecule has 0 unspecified atom stereocenters. The van der Waals surface area contributed by atoms with Gasteiger partial charge in [-0.2, -0.15) is 5.10 Å². The van der Waals surface area contributed by atoms with Crippen LogP contribution in [0.2, 0.25) is 0 Å². The van der Waals surface area contributed by atoms with E-state index in [0.717, 1.165) is 0 Å². The zero-order valence-electron chi connectivity index (χ0n) is 11.3. The summed E-state index contributed by atoms with van der Waals surface area (Å²) in [6.07, 6.45) is 0. The Morgan fingerprint density at radius 1 is 1.09 bits per heavy atom. The highest BCUT2D eigenvalue weighted by Gasteiger charge is 2.21. The predicted octanol–water partition coefficient (Wildman–Crippen LogP) is 3.89. The summed E-state index contributed by atoms with van der Waals surface area (Å²) < 4.78 is 40.7. The Balaban J connectivity index is 2.39. The molecular weight excluding hydrogens is 313 g/mol. The van der Waals surface area contributed by atoms with Crippen molar-refractivity contribution in [1.82, 2.24) is 10.2 Å². The van der Waals surface area contributed by atoms with Gasteiger partial charge < -0.3 is 0 Å². The Morgan fingerprint density at radius 2 is 1.82 bits per heavy atom. The number of halogens is 3. The first-order chi connectivity index (χ1) is 10.5. The summed E-state index contributed by atoms with van der Waals surface area (Å²) in [5.74, 6) is -3.53. The van der Waals surface area contributed by atoms with Gasteiger partial charge in [0.25, 0.3) is 5.56 Å². The molecule has 7 heteroatoms. The zero-order valence-corrected chi connectivity index (χ0v) is 12.1. The molecule has 0 aliphatic heterocycles. The lowest BCUT2D eigenvalue weighted by molar-refractivity contribution is 0.496. The molecule has 1 aromatic carbocycles. The third kappa shape index (κ3) is 2.33. The molecule has 2 heterocycles. The molecule has 0 bridgehead atoms. The summed E-state index contributed by atoms with van der Waals surface area (Å²) in [4.78, 5) is 12.8. The van der Waals surface area contributed by atoms with Crippen LogP contribution in [0.15, 0.2) is 34.4 Å². The zero-order chi connectivity index (χ0) is 15.9. The van der Waals surface area contributed by atoms with E-state index in [-0.39, 0.29) is 11.1 Å². The van der Waals surface area contributed by atoms with E-state index in [2.05, 4.69) is 10.2 Å². The quantitative estimate of drug-likeness (QED) is 0.728. The third-order valence-corrected chi connectivity index (χ3v) is 4.10. The van der Waals surface area contributed by atoms with Gasteiger partial charge in [-0.1, -0.05) is 6.07 Å². The highest BCUT2D eigenvalue weighted by Crippen LogP contribution is 2.35. The number of nitrogens with one attached hydrogen (secondary N) is 1. The minimum Gasteiger partial charge on any atom is -0.267 e. The SMILES string of the molecule is Cc1n[nH]c(=O)c(-c2cc(F)c(F)cc2F)c1-c1cccs1. The van der Waals surface area contributed by atoms with E-state index < -0.39 is 23.0 Å². The Hall–Kier alpha value is -2.41. The minimum atomic E-state index is -1.30. The van der Waals surface area contributed by atoms with E-state index in [4.69, 9.17) is 0 Å². The standard InChI is InChI=1S/C15H9F3N2OS/c1-7-13(12-3-2-4-22-12)14(15(21)20-19-7)8-5-10(17)11(18)6-9(8)16/h2-6H,1H3,(H,20,21). The fourth-order valence-corrected chi connectivity index (χ4v) is 3.06. The lowest BCUT2D eigenvalue weighted by Crippen LogP contribution is -2.15. The summed E-state index contributed by atoms with van der Waals surface area (Å²) in [5.41, 5.74) is -0.163. The van der Waals surface area contributed by atoms with Crippen molar-refractivity contribution in [3.63, 3.8) is 0 Å². The van der Waals surface area contributed by atoms with Crippen LogP contribution in [-0.2, 0) is 0 Å². The van der Waals surface area contributed by atoms with Crippen molar-refractivity contribution in [3.05, 3.63) is 63.1 Å². The number of hydrogen-bond donors (Lipinski definition) is 1. The molecule has 3 aromatic rings. The van der Waals surface area contributed by atoms with Gasteiger partial charge in [-0.05, 0) is 24.4 Å². The van der Waals surface area contributed by atoms with E-state index in [1.165, 1.54) is 11.3 Å². The van der Waals surface area contributed by atoms with Crippen LogP contribution < -0.4 is 5.56 Å². The molecule has 3 nitrogen and oxygen atoms in total. The van der Waals surface area contributed by atoms with Gasteiger partial charge in [0.05, 0.1) is 11.3 Å². The average Bonchev–Trinajstić information content (AvgIpc) is 2.99. The fourth-order valence-electron chi connectivity index (χ4n) is 2.23. The van der Waals surface area contributed by atoms with Crippen molar-refractivity contribution < 1.29 is 13.2 Å². The Bertz CT molecular complexity index is 904. The lowest BCUT2D eigenvalue weighted by Gasteiger charge is -2.11. The number of thiophene rings is 1. The first kappa shape index (κ1) is 14.5. The van der Waals surface area contributed by atoms with E-state index in [1.54, 1.807) is 24.4 Å². The maximum absolute atomic E-state index is 14.1. The summed E-state index contributed by atoms with van der Waals surface area (Å²) in [6.45, 7) is 1.65. The van der Waals surface area contributed by atoms with Gasteiger partial charge in [-0.3, -0.25) is 4.79 Å². The number of aromatic amines is 1. The van der Waals surface area contributed by atoms with Crippen LogP contribution in [0.25, 0.3) is 21.6 Å². The average molecular weight is 322 g/mol. The van der Waals surface area contributed by atoms with Crippen molar-refractivity contribution in [2.45, 2.75) is 6.92 Å². The lowest BCUT2D eigenvalue weighted by atomic mass is 9.98. The van der Waals surface area contributed by atoms with Crippen LogP contribution in [0, 0.1) is 24.4 Å². The first-order valence-corrected chi connectivity index (χ1v) is 7.15. The number of hydrogen-bond acceptors (Lipinski definition) is 3. The van der Waals surface area contributed by atoms with E-state index in [0.29, 0.717) is 28.3 Å². The number of H-pyrrole nitrogens is 1. The van der Waals surface area contributed by atoms with Gasteiger partial charge in [0.15, 0.2) is 11.6 Å². The van der Waals surface area contributed by atoms with Crippen LogP contribution >= 0.6 is 11.3 Å². The number of aryl methyl sites for hydroxylation is 1. The molecular formula is C15H9F3N2OS. The molecule has 0 atom stereocenters. The monoisotopic (exact) mass is 322 g/mol. The predicted molar refractivity (Wildman–Crippen MR) is 78.2 cm³/mol. The third-order valence-electron chi connectivity index (χ3n) is 3.21. The maximum atomic E-state index is 14.1. The molecule has 1 N–H and O–H groups in total. The van der Waals surface area contributed by atoms with Crippen molar-refractivity contribution in [3.8, 4) is 21.6 Å². The molecule has 2 aromatic heterocycles. The molecule has 0 saturated heterocycles. The molecule has 0 spiro atoms. The van der Waals surface area contributed by atoms with E-state index in [9.17, 15) is 18.0 Å². The Kier molecular flexibility index (Phi) is 3.58. The van der Waals surface area contributed by atoms with Gasteiger partial charge in [0.2, 0.25) is 0 Å². The molecule has 0 radical (unpaired) electrons. The highest BCUT2D eigenvalue weighted by atomic mass is 32.1. The van der Waals surface area contributed by atoms with Crippen molar-refractivity contribution in [2.75, 3.05) is 0 Å². The first-order valence-electron chi connectivity index (χ1n) is 6.27. The topological polar surface area (TPSA) is 45.8 Å². The van der Waals surface area contributed by atoms with Crippen LogP contribution in [-0.4, -0.2) is 10.2 Å². The van der Waals surface area contributed by atoms with Crippen LogP contribution in [0.3, 0.4) is 0 Å². The molecule has 0 aliphatic rings. The van der Waals surface area contributed by atoms with Gasteiger partial charge in [0, 0.05) is 22.1 Å². The molecule has 0 saturated carbocycles. The smallest absolute Gasteiger partial charge is 0.267 e. The van der Waals surface area contributed by atoms with E-state index >= 15 is 0 Å². The summed E-state index contributed by atoms with van der Waals surface area (Å²) in [5, 5.41) is 7.91. The minimum absolute atomic E-state index is 0.0636. The summed E-state index contributed by atoms with van der Waals surface area (Å²) in [7, 11) is 0. The molecule has 3 rings (SSSR count). The number of rotatable bonds is 2. The second-order valence-electron chi connectivity index (χ2n) is 4.61. The largest absolute Gasteiger partial charge is 0.272 e. The Morgan fingerprint density at radius 3 is 2.50 bits per heavy atom.